The molecular weight excluding hydrogens is 470 g/mol. The van der Waals surface area contributed by atoms with Gasteiger partial charge in [0.1, 0.15) is 24.0 Å². The largest absolute Gasteiger partial charge is 0.472 e. The number of rotatable bonds is 9. The minimum atomic E-state index is -1.42. The Kier molecular flexibility index (Phi) is 7.24. The van der Waals surface area contributed by atoms with E-state index in [9.17, 15) is 20.3 Å². The fraction of sp³-hybridized carbons (Fsp3) is 0.160. The molecule has 0 aliphatic rings. The van der Waals surface area contributed by atoms with Gasteiger partial charge in [-0.3, -0.25) is 0 Å². The summed E-state index contributed by atoms with van der Waals surface area (Å²) in [5, 5.41) is 30.2. The normalized spacial score (nSPS) is 11.1. The Morgan fingerprint density at radius 3 is 2.57 bits per heavy atom. The van der Waals surface area contributed by atoms with E-state index in [0.717, 1.165) is 4.88 Å². The predicted molar refractivity (Wildman–Crippen MR) is 128 cm³/mol. The van der Waals surface area contributed by atoms with Gasteiger partial charge in [-0.15, -0.1) is 11.3 Å². The van der Waals surface area contributed by atoms with E-state index in [4.69, 9.17) is 19.6 Å². The average molecular weight is 492 g/mol. The zero-order valence-corrected chi connectivity index (χ0v) is 19.2. The molecule has 10 heteroatoms. The van der Waals surface area contributed by atoms with Crippen LogP contribution >= 0.6 is 11.3 Å². The molecular formula is C25H21N3O6S. The third-order valence-electron chi connectivity index (χ3n) is 5.13. The van der Waals surface area contributed by atoms with E-state index in [1.54, 1.807) is 24.5 Å². The lowest BCUT2D eigenvalue weighted by atomic mass is 10.0. The molecule has 1 aromatic carbocycles. The summed E-state index contributed by atoms with van der Waals surface area (Å²) < 4.78 is 16.3. The highest BCUT2D eigenvalue weighted by Crippen LogP contribution is 2.36. The van der Waals surface area contributed by atoms with Crippen molar-refractivity contribution in [2.45, 2.75) is 5.54 Å². The van der Waals surface area contributed by atoms with Crippen LogP contribution in [0.3, 0.4) is 0 Å². The van der Waals surface area contributed by atoms with Crippen LogP contribution in [0.15, 0.2) is 70.9 Å². The van der Waals surface area contributed by atoms with Crippen LogP contribution in [0.5, 0.6) is 11.6 Å². The number of aliphatic hydroxyl groups excluding tert-OH is 2. The molecule has 3 aromatic heterocycles. The molecule has 0 aliphatic heterocycles. The molecule has 178 valence electrons. The van der Waals surface area contributed by atoms with Crippen molar-refractivity contribution in [3.8, 4) is 39.4 Å². The number of aromatic nitrogens is 1. The Labute approximate surface area is 204 Å². The number of thiophene rings is 1. The lowest BCUT2D eigenvalue weighted by Gasteiger charge is -2.23. The van der Waals surface area contributed by atoms with Gasteiger partial charge in [0.2, 0.25) is 5.88 Å². The van der Waals surface area contributed by atoms with E-state index in [1.807, 2.05) is 23.6 Å². The van der Waals surface area contributed by atoms with Crippen LogP contribution in [0.1, 0.15) is 15.9 Å². The summed E-state index contributed by atoms with van der Waals surface area (Å²) in [5.41, 5.74) is 6.73. The van der Waals surface area contributed by atoms with Crippen molar-refractivity contribution in [1.82, 2.24) is 4.98 Å². The second-order valence-corrected chi connectivity index (χ2v) is 8.67. The molecule has 0 bridgehead atoms. The van der Waals surface area contributed by atoms with Gasteiger partial charge < -0.3 is 29.8 Å². The minimum Gasteiger partial charge on any atom is -0.472 e. The SMILES string of the molecule is N#Cc1c(-c2ccoc2)cc(-c2cccs2)nc1Oc1ccc(C(=O)OCC(N)(CO)CO)cc1. The number of hydrogen-bond donors (Lipinski definition) is 3. The van der Waals surface area contributed by atoms with Gasteiger partial charge in [0.15, 0.2) is 0 Å². The summed E-state index contributed by atoms with van der Waals surface area (Å²) in [6.45, 7) is -1.43. The number of nitriles is 1. The van der Waals surface area contributed by atoms with E-state index in [2.05, 4.69) is 11.1 Å². The van der Waals surface area contributed by atoms with Crippen LogP contribution in [-0.4, -0.2) is 46.5 Å². The molecule has 0 fully saturated rings. The van der Waals surface area contributed by atoms with E-state index in [0.29, 0.717) is 22.6 Å². The number of hydrogen-bond acceptors (Lipinski definition) is 10. The smallest absolute Gasteiger partial charge is 0.338 e. The summed E-state index contributed by atoms with van der Waals surface area (Å²) >= 11 is 1.51. The Bertz CT molecular complexity index is 1330. The Balaban J connectivity index is 1.60. The first-order chi connectivity index (χ1) is 17.0. The summed E-state index contributed by atoms with van der Waals surface area (Å²) in [7, 11) is 0. The average Bonchev–Trinajstić information content (AvgIpc) is 3.62. The van der Waals surface area contributed by atoms with Gasteiger partial charge in [0.25, 0.3) is 0 Å². The van der Waals surface area contributed by atoms with Crippen LogP contribution in [0, 0.1) is 11.3 Å². The van der Waals surface area contributed by atoms with Crippen molar-refractivity contribution in [2.24, 2.45) is 5.73 Å². The number of pyridine rings is 1. The molecule has 3 heterocycles. The summed E-state index contributed by atoms with van der Waals surface area (Å²) in [6.07, 6.45) is 3.07. The quantitative estimate of drug-likeness (QED) is 0.298. The van der Waals surface area contributed by atoms with Gasteiger partial charge in [-0.1, -0.05) is 6.07 Å². The molecule has 4 aromatic rings. The number of ether oxygens (including phenoxy) is 2. The highest BCUT2D eigenvalue weighted by molar-refractivity contribution is 7.13. The van der Waals surface area contributed by atoms with Crippen LogP contribution in [-0.2, 0) is 4.74 Å². The molecule has 9 nitrogen and oxygen atoms in total. The summed E-state index contributed by atoms with van der Waals surface area (Å²) in [4.78, 5) is 17.8. The maximum absolute atomic E-state index is 12.3. The van der Waals surface area contributed by atoms with E-state index >= 15 is 0 Å². The van der Waals surface area contributed by atoms with Crippen LogP contribution in [0.25, 0.3) is 21.7 Å². The molecule has 0 aliphatic carbocycles. The first kappa shape index (κ1) is 24.1. The number of esters is 1. The van der Waals surface area contributed by atoms with E-state index < -0.39 is 24.7 Å². The van der Waals surface area contributed by atoms with Gasteiger partial charge in [-0.25, -0.2) is 9.78 Å². The van der Waals surface area contributed by atoms with E-state index in [-0.39, 0.29) is 23.6 Å². The molecule has 35 heavy (non-hydrogen) atoms. The molecule has 0 atom stereocenters. The zero-order valence-electron chi connectivity index (χ0n) is 18.4. The maximum Gasteiger partial charge on any atom is 0.338 e. The van der Waals surface area contributed by atoms with Gasteiger partial charge in [-0.2, -0.15) is 5.26 Å². The van der Waals surface area contributed by atoms with Crippen molar-refractivity contribution in [2.75, 3.05) is 19.8 Å². The number of benzene rings is 1. The lowest BCUT2D eigenvalue weighted by molar-refractivity contribution is 0.0210. The summed E-state index contributed by atoms with van der Waals surface area (Å²) in [6, 6.07) is 15.6. The molecule has 0 saturated heterocycles. The number of nitrogens with two attached hydrogens (primary N) is 1. The fourth-order valence-corrected chi connectivity index (χ4v) is 3.79. The molecule has 4 rings (SSSR count). The van der Waals surface area contributed by atoms with Crippen LogP contribution in [0.2, 0.25) is 0 Å². The van der Waals surface area contributed by atoms with Crippen molar-refractivity contribution in [3.05, 3.63) is 77.6 Å². The third-order valence-corrected chi connectivity index (χ3v) is 6.02. The number of carbonyl (C=O) groups is 1. The van der Waals surface area contributed by atoms with Gasteiger partial charge in [0.05, 0.1) is 47.4 Å². The standard InChI is InChI=1S/C25H21N3O6S/c26-11-20-19(17-7-8-32-12-17)10-21(22-2-1-9-35-22)28-23(20)34-18-5-3-16(4-6-18)24(31)33-15-25(27,13-29)14-30/h1-10,12,29-30H,13-15,27H2. The van der Waals surface area contributed by atoms with Crippen molar-refractivity contribution in [3.63, 3.8) is 0 Å². The Morgan fingerprint density at radius 2 is 1.97 bits per heavy atom. The Hall–Kier alpha value is -4.01. The second-order valence-electron chi connectivity index (χ2n) is 7.72. The monoisotopic (exact) mass is 491 g/mol. The highest BCUT2D eigenvalue weighted by atomic mass is 32.1. The van der Waals surface area contributed by atoms with Gasteiger partial charge in [0, 0.05) is 11.1 Å². The predicted octanol–water partition coefficient (Wildman–Crippen LogP) is 3.57. The van der Waals surface area contributed by atoms with E-state index in [1.165, 1.54) is 29.7 Å². The third kappa shape index (κ3) is 5.40. The molecule has 0 amide bonds. The first-order valence-corrected chi connectivity index (χ1v) is 11.3. The molecule has 0 spiro atoms. The van der Waals surface area contributed by atoms with Gasteiger partial charge in [-0.05, 0) is 47.8 Å². The van der Waals surface area contributed by atoms with Gasteiger partial charge >= 0.3 is 5.97 Å². The molecule has 0 saturated carbocycles. The first-order valence-electron chi connectivity index (χ1n) is 10.4. The fourth-order valence-electron chi connectivity index (χ4n) is 3.10. The lowest BCUT2D eigenvalue weighted by Crippen LogP contribution is -2.51. The number of aliphatic hydroxyl groups is 2. The number of furan rings is 1. The molecule has 4 N–H and O–H groups in total. The minimum absolute atomic E-state index is 0.115. The van der Waals surface area contributed by atoms with Crippen molar-refractivity contribution in [1.29, 1.82) is 5.26 Å². The summed E-state index contributed by atoms with van der Waals surface area (Å²) in [5.74, 6) is -0.208. The van der Waals surface area contributed by atoms with Crippen LogP contribution in [0.4, 0.5) is 0 Å². The van der Waals surface area contributed by atoms with Crippen molar-refractivity contribution >= 4 is 17.3 Å². The van der Waals surface area contributed by atoms with Crippen LogP contribution < -0.4 is 10.5 Å². The number of nitrogens with zero attached hydrogens (tertiary/aromatic N) is 2. The zero-order chi connectivity index (χ0) is 24.8. The molecule has 0 unspecified atom stereocenters. The van der Waals surface area contributed by atoms with Crippen molar-refractivity contribution < 1.29 is 28.9 Å². The molecule has 0 radical (unpaired) electrons. The Morgan fingerprint density at radius 1 is 1.20 bits per heavy atom. The second kappa shape index (κ2) is 10.5. The highest BCUT2D eigenvalue weighted by Gasteiger charge is 2.25. The maximum atomic E-state index is 12.3. The topological polar surface area (TPSA) is 152 Å². The number of carbonyl (C=O) groups excluding carboxylic acids is 1.